The van der Waals surface area contributed by atoms with Crippen molar-refractivity contribution in [3.05, 3.63) is 34.4 Å². The maximum Gasteiger partial charge on any atom is 0.272 e. The number of nitrogens with zero attached hydrogens (tertiary/aromatic N) is 2. The molecule has 18 heavy (non-hydrogen) atoms. The highest BCUT2D eigenvalue weighted by molar-refractivity contribution is 5.37. The van der Waals surface area contributed by atoms with Crippen molar-refractivity contribution in [2.24, 2.45) is 11.8 Å². The fourth-order valence-corrected chi connectivity index (χ4v) is 3.13. The van der Waals surface area contributed by atoms with Gasteiger partial charge in [0.15, 0.2) is 5.65 Å². The van der Waals surface area contributed by atoms with Crippen LogP contribution in [0, 0.1) is 11.8 Å². The monoisotopic (exact) mass is 245 g/mol. The lowest BCUT2D eigenvalue weighted by atomic mass is 9.89. The van der Waals surface area contributed by atoms with Gasteiger partial charge in [0, 0.05) is 24.2 Å². The van der Waals surface area contributed by atoms with Gasteiger partial charge in [0.1, 0.15) is 0 Å². The van der Waals surface area contributed by atoms with Gasteiger partial charge in [0.25, 0.3) is 5.56 Å². The zero-order valence-corrected chi connectivity index (χ0v) is 10.9. The summed E-state index contributed by atoms with van der Waals surface area (Å²) in [4.78, 5) is 16.5. The molecule has 3 unspecified atom stereocenters. The van der Waals surface area contributed by atoms with Crippen molar-refractivity contribution in [2.45, 2.75) is 39.0 Å². The van der Waals surface area contributed by atoms with Gasteiger partial charge in [-0.3, -0.25) is 9.89 Å². The first-order chi connectivity index (χ1) is 8.65. The molecule has 3 atom stereocenters. The van der Waals surface area contributed by atoms with Gasteiger partial charge in [-0.2, -0.15) is 0 Å². The Labute approximate surface area is 106 Å². The molecule has 2 aromatic rings. The number of rotatable bonds is 2. The second-order valence-corrected chi connectivity index (χ2v) is 5.64. The number of fused-ring (bicyclic) bond motifs is 1. The fraction of sp³-hybridized carbons (Fsp3) is 0.571. The molecule has 4 nitrogen and oxygen atoms in total. The standard InChI is InChI=1S/C14H19N3O/c1-9-3-4-11(7-9)10(2)12-8-14(18)17-13(16-12)5-6-15-17/h5-6,8-11,15H,3-4,7H2,1-2H3. The second-order valence-electron chi connectivity index (χ2n) is 5.64. The predicted octanol–water partition coefficient (Wildman–Crippen LogP) is 2.56. The molecular formula is C14H19N3O. The number of nitrogens with one attached hydrogen (secondary N) is 1. The van der Waals surface area contributed by atoms with Gasteiger partial charge in [0.2, 0.25) is 0 Å². The van der Waals surface area contributed by atoms with Crippen LogP contribution in [-0.2, 0) is 0 Å². The maximum absolute atomic E-state index is 11.9. The molecule has 4 heteroatoms. The predicted molar refractivity (Wildman–Crippen MR) is 70.7 cm³/mol. The summed E-state index contributed by atoms with van der Waals surface area (Å²) < 4.78 is 1.48. The highest BCUT2D eigenvalue weighted by Gasteiger charge is 2.28. The summed E-state index contributed by atoms with van der Waals surface area (Å²) in [6.45, 7) is 4.51. The lowest BCUT2D eigenvalue weighted by Crippen LogP contribution is -2.18. The first-order valence-electron chi connectivity index (χ1n) is 6.72. The van der Waals surface area contributed by atoms with Crippen LogP contribution >= 0.6 is 0 Å². The van der Waals surface area contributed by atoms with Gasteiger partial charge in [-0.25, -0.2) is 9.50 Å². The Morgan fingerprint density at radius 2 is 2.33 bits per heavy atom. The molecule has 2 aromatic heterocycles. The minimum absolute atomic E-state index is 0.0158. The van der Waals surface area contributed by atoms with E-state index in [-0.39, 0.29) is 5.56 Å². The number of aromatic amines is 1. The molecule has 3 rings (SSSR count). The lowest BCUT2D eigenvalue weighted by molar-refractivity contribution is 0.435. The van der Waals surface area contributed by atoms with E-state index in [1.165, 1.54) is 23.8 Å². The van der Waals surface area contributed by atoms with E-state index in [4.69, 9.17) is 0 Å². The Kier molecular flexibility index (Phi) is 2.73. The van der Waals surface area contributed by atoms with Crippen LogP contribution in [0.15, 0.2) is 23.1 Å². The average Bonchev–Trinajstić information content (AvgIpc) is 2.96. The molecule has 1 saturated carbocycles. The summed E-state index contributed by atoms with van der Waals surface area (Å²) in [6.07, 6.45) is 5.57. The highest BCUT2D eigenvalue weighted by Crippen LogP contribution is 2.39. The van der Waals surface area contributed by atoms with Crippen molar-refractivity contribution >= 4 is 5.65 Å². The normalized spacial score (nSPS) is 25.7. The quantitative estimate of drug-likeness (QED) is 0.884. The van der Waals surface area contributed by atoms with Crippen molar-refractivity contribution in [3.63, 3.8) is 0 Å². The molecule has 0 aromatic carbocycles. The second kappa shape index (κ2) is 4.26. The van der Waals surface area contributed by atoms with E-state index in [9.17, 15) is 4.79 Å². The number of hydrogen-bond acceptors (Lipinski definition) is 2. The number of hydrogen-bond donors (Lipinski definition) is 1. The van der Waals surface area contributed by atoms with Crippen molar-refractivity contribution in [2.75, 3.05) is 0 Å². The molecule has 2 heterocycles. The van der Waals surface area contributed by atoms with Crippen molar-refractivity contribution < 1.29 is 0 Å². The minimum Gasteiger partial charge on any atom is -0.297 e. The van der Waals surface area contributed by atoms with E-state index in [1.54, 1.807) is 12.3 Å². The van der Waals surface area contributed by atoms with Crippen LogP contribution < -0.4 is 5.56 Å². The van der Waals surface area contributed by atoms with Crippen LogP contribution in [0.4, 0.5) is 0 Å². The van der Waals surface area contributed by atoms with E-state index < -0.39 is 0 Å². The highest BCUT2D eigenvalue weighted by atomic mass is 16.1. The van der Waals surface area contributed by atoms with Crippen molar-refractivity contribution in [1.82, 2.24) is 14.6 Å². The maximum atomic E-state index is 11.9. The summed E-state index contributed by atoms with van der Waals surface area (Å²) in [5.41, 5.74) is 1.65. The lowest BCUT2D eigenvalue weighted by Gasteiger charge is -2.18. The van der Waals surface area contributed by atoms with Gasteiger partial charge in [-0.1, -0.05) is 20.3 Å². The Morgan fingerprint density at radius 3 is 3.06 bits per heavy atom. The zero-order chi connectivity index (χ0) is 12.7. The molecule has 0 aliphatic heterocycles. The smallest absolute Gasteiger partial charge is 0.272 e. The molecule has 1 aliphatic carbocycles. The molecule has 0 bridgehead atoms. The van der Waals surface area contributed by atoms with Crippen molar-refractivity contribution in [1.29, 1.82) is 0 Å². The SMILES string of the molecule is CC1CCC(C(C)c2cc(=O)n3[nH]ccc3n2)C1. The molecule has 0 saturated heterocycles. The first-order valence-corrected chi connectivity index (χ1v) is 6.72. The van der Waals surface area contributed by atoms with Gasteiger partial charge in [0.05, 0.1) is 5.69 Å². The third-order valence-corrected chi connectivity index (χ3v) is 4.31. The molecule has 1 N–H and O–H groups in total. The van der Waals surface area contributed by atoms with Crippen molar-refractivity contribution in [3.8, 4) is 0 Å². The van der Waals surface area contributed by atoms with Crippen LogP contribution in [-0.4, -0.2) is 14.6 Å². The Balaban J connectivity index is 1.96. The van der Waals surface area contributed by atoms with Gasteiger partial charge >= 0.3 is 0 Å². The third kappa shape index (κ3) is 1.85. The molecule has 0 spiro atoms. The number of aromatic nitrogens is 3. The summed E-state index contributed by atoms with van der Waals surface area (Å²) in [5.74, 6) is 1.87. The summed E-state index contributed by atoms with van der Waals surface area (Å²) in [7, 11) is 0. The molecule has 1 aliphatic rings. The molecule has 0 radical (unpaired) electrons. The minimum atomic E-state index is -0.0158. The average molecular weight is 245 g/mol. The van der Waals surface area contributed by atoms with Crippen LogP contribution in [0.1, 0.15) is 44.7 Å². The van der Waals surface area contributed by atoms with Crippen LogP contribution in [0.3, 0.4) is 0 Å². The zero-order valence-electron chi connectivity index (χ0n) is 10.9. The van der Waals surface area contributed by atoms with E-state index in [0.717, 1.165) is 17.3 Å². The summed E-state index contributed by atoms with van der Waals surface area (Å²) >= 11 is 0. The van der Waals surface area contributed by atoms with Gasteiger partial charge in [-0.05, 0) is 24.7 Å². The summed E-state index contributed by atoms with van der Waals surface area (Å²) in [5, 5.41) is 2.87. The van der Waals surface area contributed by atoms with Gasteiger partial charge < -0.3 is 0 Å². The Hall–Kier alpha value is -1.58. The van der Waals surface area contributed by atoms with Crippen LogP contribution in [0.2, 0.25) is 0 Å². The van der Waals surface area contributed by atoms with E-state index in [2.05, 4.69) is 23.9 Å². The topological polar surface area (TPSA) is 50.2 Å². The van der Waals surface area contributed by atoms with E-state index >= 15 is 0 Å². The molecular weight excluding hydrogens is 226 g/mol. The Bertz CT molecular complexity index is 613. The number of H-pyrrole nitrogens is 1. The van der Waals surface area contributed by atoms with Gasteiger partial charge in [-0.15, -0.1) is 0 Å². The van der Waals surface area contributed by atoms with E-state index in [1.807, 2.05) is 6.07 Å². The largest absolute Gasteiger partial charge is 0.297 e. The van der Waals surface area contributed by atoms with Crippen LogP contribution in [0.5, 0.6) is 0 Å². The van der Waals surface area contributed by atoms with E-state index in [0.29, 0.717) is 11.8 Å². The van der Waals surface area contributed by atoms with Crippen LogP contribution in [0.25, 0.3) is 5.65 Å². The third-order valence-electron chi connectivity index (χ3n) is 4.31. The molecule has 1 fully saturated rings. The first kappa shape index (κ1) is 11.5. The molecule has 0 amide bonds. The Morgan fingerprint density at radius 1 is 1.50 bits per heavy atom. The fourth-order valence-electron chi connectivity index (χ4n) is 3.13. The molecule has 96 valence electrons. The summed E-state index contributed by atoms with van der Waals surface area (Å²) in [6, 6.07) is 3.52.